The van der Waals surface area contributed by atoms with Gasteiger partial charge in [0.1, 0.15) is 6.10 Å². The standard InChI is InChI=1S/C19H24N4O2S.HI/c1-12(2)15-9-14(25-23-15)10-21-19(20-3)22-11-16(24)18-8-13-6-4-5-7-17(13)26-18;/h4-9,12,16,24H,10-11H2,1-3H3,(H2,20,21,22);1H. The van der Waals surface area contributed by atoms with Crippen molar-refractivity contribution < 1.29 is 9.63 Å². The first-order valence-corrected chi connectivity index (χ1v) is 9.45. The van der Waals surface area contributed by atoms with Crippen LogP contribution >= 0.6 is 35.3 Å². The molecule has 0 spiro atoms. The van der Waals surface area contributed by atoms with Crippen LogP contribution in [-0.2, 0) is 6.54 Å². The van der Waals surface area contributed by atoms with Crippen molar-refractivity contribution in [2.75, 3.05) is 13.6 Å². The minimum absolute atomic E-state index is 0. The minimum atomic E-state index is -0.594. The van der Waals surface area contributed by atoms with Crippen LogP contribution in [0.4, 0.5) is 0 Å². The van der Waals surface area contributed by atoms with Gasteiger partial charge in [0.15, 0.2) is 11.7 Å². The molecule has 0 bridgehead atoms. The Morgan fingerprint density at radius 1 is 1.26 bits per heavy atom. The van der Waals surface area contributed by atoms with Crippen molar-refractivity contribution in [2.45, 2.75) is 32.4 Å². The molecule has 0 radical (unpaired) electrons. The number of nitrogens with one attached hydrogen (secondary N) is 2. The SMILES string of the molecule is CN=C(NCc1cc(C(C)C)no1)NCC(O)c1cc2ccccc2s1.I. The third-order valence-electron chi connectivity index (χ3n) is 4.06. The van der Waals surface area contributed by atoms with Crippen molar-refractivity contribution in [3.8, 4) is 0 Å². The number of aliphatic hydroxyl groups excluding tert-OH is 1. The molecule has 0 amide bonds. The molecule has 3 rings (SSSR count). The molecule has 3 aromatic rings. The number of guanidine groups is 1. The summed E-state index contributed by atoms with van der Waals surface area (Å²) in [5, 5.41) is 22.0. The lowest BCUT2D eigenvalue weighted by Gasteiger charge is -2.13. The van der Waals surface area contributed by atoms with Gasteiger partial charge in [-0.05, 0) is 23.4 Å². The Hall–Kier alpha value is -1.65. The minimum Gasteiger partial charge on any atom is -0.386 e. The second kappa shape index (κ2) is 10.0. The van der Waals surface area contributed by atoms with Crippen LogP contribution in [0.25, 0.3) is 10.1 Å². The van der Waals surface area contributed by atoms with Crippen molar-refractivity contribution in [3.05, 3.63) is 52.7 Å². The first-order valence-electron chi connectivity index (χ1n) is 8.63. The number of fused-ring (bicyclic) bond motifs is 1. The van der Waals surface area contributed by atoms with E-state index in [0.29, 0.717) is 25.0 Å². The summed E-state index contributed by atoms with van der Waals surface area (Å²) in [6.07, 6.45) is -0.594. The van der Waals surface area contributed by atoms with Crippen LogP contribution in [0.15, 0.2) is 45.9 Å². The third-order valence-corrected chi connectivity index (χ3v) is 5.28. The number of hydrogen-bond acceptors (Lipinski definition) is 5. The predicted octanol–water partition coefficient (Wildman–Crippen LogP) is 4.03. The van der Waals surface area contributed by atoms with Crippen LogP contribution in [0.2, 0.25) is 0 Å². The Labute approximate surface area is 180 Å². The summed E-state index contributed by atoms with van der Waals surface area (Å²) in [5.41, 5.74) is 0.935. The molecule has 8 heteroatoms. The van der Waals surface area contributed by atoms with Crippen molar-refractivity contribution >= 4 is 51.4 Å². The molecule has 0 aliphatic carbocycles. The summed E-state index contributed by atoms with van der Waals surface area (Å²) in [7, 11) is 1.70. The van der Waals surface area contributed by atoms with Crippen LogP contribution in [-0.4, -0.2) is 29.8 Å². The molecule has 1 atom stereocenters. The van der Waals surface area contributed by atoms with Crippen molar-refractivity contribution in [2.24, 2.45) is 4.99 Å². The summed E-state index contributed by atoms with van der Waals surface area (Å²) in [6.45, 7) is 5.01. The molecule has 0 aliphatic rings. The van der Waals surface area contributed by atoms with Crippen LogP contribution in [0.3, 0.4) is 0 Å². The highest BCUT2D eigenvalue weighted by atomic mass is 127. The smallest absolute Gasteiger partial charge is 0.191 e. The van der Waals surface area contributed by atoms with Gasteiger partial charge in [0.05, 0.1) is 12.2 Å². The van der Waals surface area contributed by atoms with Crippen LogP contribution < -0.4 is 10.6 Å². The zero-order valence-electron chi connectivity index (χ0n) is 15.6. The van der Waals surface area contributed by atoms with Gasteiger partial charge in [0.25, 0.3) is 0 Å². The average molecular weight is 500 g/mol. The van der Waals surface area contributed by atoms with E-state index in [1.807, 2.05) is 24.3 Å². The zero-order valence-corrected chi connectivity index (χ0v) is 18.7. The first kappa shape index (κ1) is 21.6. The Bertz CT molecular complexity index is 858. The summed E-state index contributed by atoms with van der Waals surface area (Å²) in [6, 6.07) is 12.1. The quantitative estimate of drug-likeness (QED) is 0.271. The zero-order chi connectivity index (χ0) is 18.5. The fraction of sp³-hybridized carbons (Fsp3) is 0.368. The van der Waals surface area contributed by atoms with E-state index in [-0.39, 0.29) is 24.0 Å². The Balaban J connectivity index is 0.00000261. The van der Waals surface area contributed by atoms with Crippen molar-refractivity contribution in [1.82, 2.24) is 15.8 Å². The van der Waals surface area contributed by atoms with E-state index >= 15 is 0 Å². The maximum Gasteiger partial charge on any atom is 0.191 e. The van der Waals surface area contributed by atoms with Gasteiger partial charge in [0, 0.05) is 29.2 Å². The largest absolute Gasteiger partial charge is 0.386 e. The molecule has 0 saturated heterocycles. The number of nitrogens with zero attached hydrogens (tertiary/aromatic N) is 2. The van der Waals surface area contributed by atoms with Gasteiger partial charge < -0.3 is 20.3 Å². The predicted molar refractivity (Wildman–Crippen MR) is 121 cm³/mol. The maximum atomic E-state index is 10.5. The molecule has 2 aromatic heterocycles. The lowest BCUT2D eigenvalue weighted by molar-refractivity contribution is 0.184. The molecular weight excluding hydrogens is 475 g/mol. The van der Waals surface area contributed by atoms with E-state index in [9.17, 15) is 5.11 Å². The highest BCUT2D eigenvalue weighted by Gasteiger charge is 2.13. The number of thiophene rings is 1. The van der Waals surface area contributed by atoms with Gasteiger partial charge in [-0.2, -0.15) is 0 Å². The molecule has 0 saturated carbocycles. The molecule has 1 aromatic carbocycles. The number of aliphatic hydroxyl groups is 1. The van der Waals surface area contributed by atoms with E-state index in [4.69, 9.17) is 4.52 Å². The second-order valence-electron chi connectivity index (χ2n) is 6.38. The van der Waals surface area contributed by atoms with Crippen LogP contribution in [0.1, 0.15) is 42.2 Å². The van der Waals surface area contributed by atoms with Gasteiger partial charge in [-0.15, -0.1) is 35.3 Å². The highest BCUT2D eigenvalue weighted by molar-refractivity contribution is 14.0. The second-order valence-corrected chi connectivity index (χ2v) is 7.50. The van der Waals surface area contributed by atoms with Gasteiger partial charge in [-0.1, -0.05) is 37.2 Å². The summed E-state index contributed by atoms with van der Waals surface area (Å²) in [5.74, 6) is 1.69. The van der Waals surface area contributed by atoms with E-state index in [0.717, 1.165) is 21.7 Å². The third kappa shape index (κ3) is 5.66. The summed E-state index contributed by atoms with van der Waals surface area (Å²) in [4.78, 5) is 5.11. The summed E-state index contributed by atoms with van der Waals surface area (Å²) < 4.78 is 6.48. The molecule has 6 nitrogen and oxygen atoms in total. The fourth-order valence-corrected chi connectivity index (χ4v) is 3.59. The lowest BCUT2D eigenvalue weighted by Crippen LogP contribution is -2.38. The van der Waals surface area contributed by atoms with Gasteiger partial charge >= 0.3 is 0 Å². The molecule has 2 heterocycles. The number of halogens is 1. The molecule has 0 fully saturated rings. The van der Waals surface area contributed by atoms with Crippen LogP contribution in [0, 0.1) is 0 Å². The highest BCUT2D eigenvalue weighted by Crippen LogP contribution is 2.29. The average Bonchev–Trinajstić information content (AvgIpc) is 3.28. The van der Waals surface area contributed by atoms with Gasteiger partial charge in [-0.25, -0.2) is 0 Å². The normalized spacial score (nSPS) is 12.9. The Kier molecular flexibility index (Phi) is 8.06. The van der Waals surface area contributed by atoms with Crippen molar-refractivity contribution in [1.29, 1.82) is 0 Å². The van der Waals surface area contributed by atoms with Gasteiger partial charge in [-0.3, -0.25) is 4.99 Å². The van der Waals surface area contributed by atoms with E-state index < -0.39 is 6.10 Å². The van der Waals surface area contributed by atoms with Crippen LogP contribution in [0.5, 0.6) is 0 Å². The fourth-order valence-electron chi connectivity index (χ4n) is 2.54. The number of hydrogen-bond donors (Lipinski definition) is 3. The lowest BCUT2D eigenvalue weighted by atomic mass is 10.1. The number of aromatic nitrogens is 1. The van der Waals surface area contributed by atoms with E-state index in [2.05, 4.69) is 46.8 Å². The van der Waals surface area contributed by atoms with E-state index in [1.54, 1.807) is 18.4 Å². The molecule has 146 valence electrons. The van der Waals surface area contributed by atoms with Gasteiger partial charge in [0.2, 0.25) is 0 Å². The first-order chi connectivity index (χ1) is 12.6. The molecule has 1 unspecified atom stereocenters. The topological polar surface area (TPSA) is 82.7 Å². The monoisotopic (exact) mass is 500 g/mol. The summed E-state index contributed by atoms with van der Waals surface area (Å²) >= 11 is 1.61. The Morgan fingerprint density at radius 3 is 2.70 bits per heavy atom. The molecule has 27 heavy (non-hydrogen) atoms. The van der Waals surface area contributed by atoms with Crippen molar-refractivity contribution in [3.63, 3.8) is 0 Å². The number of benzene rings is 1. The molecule has 3 N–H and O–H groups in total. The number of aliphatic imine (C=N–C) groups is 1. The molecular formula is C19H25IN4O2S. The number of rotatable bonds is 6. The maximum absolute atomic E-state index is 10.5. The van der Waals surface area contributed by atoms with E-state index in [1.165, 1.54) is 4.70 Å². The Morgan fingerprint density at radius 2 is 2.04 bits per heavy atom. The molecule has 0 aliphatic heterocycles.